The summed E-state index contributed by atoms with van der Waals surface area (Å²) in [5, 5.41) is 13.6. The van der Waals surface area contributed by atoms with E-state index in [0.29, 0.717) is 23.3 Å². The fraction of sp³-hybridized carbons (Fsp3) is 0.304. The molecule has 9 heteroatoms. The van der Waals surface area contributed by atoms with E-state index in [0.717, 1.165) is 16.7 Å². The molecule has 162 valence electrons. The molecule has 1 fully saturated rings. The summed E-state index contributed by atoms with van der Waals surface area (Å²) in [5.74, 6) is 0.376. The lowest BCUT2D eigenvalue weighted by atomic mass is 10.0. The number of aryl methyl sites for hydroxylation is 1. The Balaban J connectivity index is 1.35. The molecule has 9 nitrogen and oxygen atoms in total. The zero-order valence-corrected chi connectivity index (χ0v) is 18.0. The highest BCUT2D eigenvalue weighted by molar-refractivity contribution is 6.25. The van der Waals surface area contributed by atoms with Gasteiger partial charge in [0.25, 0.3) is 11.8 Å². The molecule has 2 amide bonds. The number of fused-ring (bicyclic) bond motifs is 1. The van der Waals surface area contributed by atoms with Crippen LogP contribution >= 0.6 is 0 Å². The van der Waals surface area contributed by atoms with E-state index in [2.05, 4.69) is 34.3 Å². The Morgan fingerprint density at radius 2 is 1.78 bits per heavy atom. The number of hydrogen-bond donors (Lipinski definition) is 0. The lowest BCUT2D eigenvalue weighted by Crippen LogP contribution is -2.39. The number of rotatable bonds is 5. The summed E-state index contributed by atoms with van der Waals surface area (Å²) >= 11 is 0. The van der Waals surface area contributed by atoms with E-state index < -0.39 is 12.1 Å². The van der Waals surface area contributed by atoms with Crippen LogP contribution < -0.4 is 4.90 Å². The first kappa shape index (κ1) is 20.0. The molecule has 1 saturated heterocycles. The number of hydrogen-bond acceptors (Lipinski definition) is 8. The molecule has 0 N–H and O–H groups in total. The summed E-state index contributed by atoms with van der Waals surface area (Å²) in [4.78, 5) is 31.7. The third-order valence-electron chi connectivity index (χ3n) is 5.83. The minimum absolute atomic E-state index is 0.0860. The summed E-state index contributed by atoms with van der Waals surface area (Å²) in [6.45, 7) is 6.23. The molecular weight excluding hydrogens is 408 g/mol. The molecule has 0 spiro atoms. The molecule has 3 heterocycles. The molecule has 0 bridgehead atoms. The summed E-state index contributed by atoms with van der Waals surface area (Å²) in [5.41, 5.74) is 3.56. The van der Waals surface area contributed by atoms with Crippen molar-refractivity contribution in [2.24, 2.45) is 10.3 Å². The molecule has 3 aromatic rings. The molecule has 5 rings (SSSR count). The van der Waals surface area contributed by atoms with Gasteiger partial charge < -0.3 is 4.52 Å². The van der Waals surface area contributed by atoms with Gasteiger partial charge in [0.15, 0.2) is 12.1 Å². The second-order valence-corrected chi connectivity index (χ2v) is 8.28. The first-order valence-corrected chi connectivity index (χ1v) is 10.5. The van der Waals surface area contributed by atoms with Crippen LogP contribution in [0.5, 0.6) is 0 Å². The number of benzene rings is 2. The van der Waals surface area contributed by atoms with Crippen molar-refractivity contribution < 1.29 is 14.1 Å². The van der Waals surface area contributed by atoms with Crippen LogP contribution in [0.4, 0.5) is 5.69 Å². The smallest absolute Gasteiger partial charge is 0.263 e. The summed E-state index contributed by atoms with van der Waals surface area (Å²) in [6, 6.07) is 13.5. The average molecular weight is 430 g/mol. The molecule has 0 aliphatic carbocycles. The van der Waals surface area contributed by atoms with Gasteiger partial charge in [0, 0.05) is 5.56 Å². The molecule has 2 aliphatic heterocycles. The van der Waals surface area contributed by atoms with Crippen molar-refractivity contribution in [1.29, 1.82) is 0 Å². The molecule has 2 aromatic carbocycles. The van der Waals surface area contributed by atoms with Gasteiger partial charge >= 0.3 is 0 Å². The summed E-state index contributed by atoms with van der Waals surface area (Å²) in [6.07, 6.45) is 0. The Morgan fingerprint density at radius 3 is 2.50 bits per heavy atom. The topological polar surface area (TPSA) is 104 Å². The molecular formula is C23H22N6O3. The fourth-order valence-corrected chi connectivity index (χ4v) is 4.01. The maximum Gasteiger partial charge on any atom is 0.263 e. The Morgan fingerprint density at radius 1 is 1.03 bits per heavy atom. The van der Waals surface area contributed by atoms with Crippen LogP contribution in [0.25, 0.3) is 11.4 Å². The van der Waals surface area contributed by atoms with E-state index in [-0.39, 0.29) is 18.4 Å². The molecule has 0 saturated carbocycles. The number of carbonyl (C=O) groups excluding carboxylic acids is 2. The summed E-state index contributed by atoms with van der Waals surface area (Å²) < 4.78 is 5.38. The van der Waals surface area contributed by atoms with Gasteiger partial charge in [0.2, 0.25) is 11.7 Å². The second kappa shape index (κ2) is 7.67. The van der Waals surface area contributed by atoms with Gasteiger partial charge in [-0.05, 0) is 36.1 Å². The number of aromatic nitrogens is 2. The number of nitrogens with zero attached hydrogens (tertiary/aromatic N) is 6. The fourth-order valence-electron chi connectivity index (χ4n) is 4.01. The Labute approximate surface area is 184 Å². The lowest BCUT2D eigenvalue weighted by Gasteiger charge is -2.19. The number of carbonyl (C=O) groups is 2. The van der Waals surface area contributed by atoms with Crippen LogP contribution in [0.2, 0.25) is 0 Å². The van der Waals surface area contributed by atoms with Crippen molar-refractivity contribution in [3.05, 3.63) is 65.5 Å². The standard InChI is InChI=1S/C23H22N6O3/c1-13(2)15-8-10-16(11-9-15)29-22(30)19-20(23(29)31)28(27-25-19)12-18-24-21(26-32-18)17-7-5-4-6-14(17)3/h4-11,13,19-20H,12H2,1-3H3/t19-,20+/m0/s1. The highest BCUT2D eigenvalue weighted by Crippen LogP contribution is 2.33. The van der Waals surface area contributed by atoms with Crippen LogP contribution in [-0.4, -0.2) is 39.0 Å². The highest BCUT2D eigenvalue weighted by Gasteiger charge is 2.55. The van der Waals surface area contributed by atoms with Crippen molar-refractivity contribution in [2.45, 2.75) is 45.3 Å². The number of amides is 2. The van der Waals surface area contributed by atoms with Gasteiger partial charge in [-0.15, -0.1) is 0 Å². The molecule has 1 aromatic heterocycles. The normalized spacial score (nSPS) is 20.0. The van der Waals surface area contributed by atoms with E-state index in [1.54, 1.807) is 12.1 Å². The quantitative estimate of drug-likeness (QED) is 0.572. The van der Waals surface area contributed by atoms with Gasteiger partial charge in [-0.2, -0.15) is 10.1 Å². The van der Waals surface area contributed by atoms with Gasteiger partial charge in [-0.3, -0.25) is 14.6 Å². The van der Waals surface area contributed by atoms with E-state index in [1.165, 1.54) is 9.91 Å². The van der Waals surface area contributed by atoms with Crippen molar-refractivity contribution in [3.8, 4) is 11.4 Å². The first-order valence-electron chi connectivity index (χ1n) is 10.5. The van der Waals surface area contributed by atoms with Gasteiger partial charge in [-0.25, -0.2) is 4.90 Å². The molecule has 0 unspecified atom stereocenters. The van der Waals surface area contributed by atoms with E-state index in [1.807, 2.05) is 43.3 Å². The third kappa shape index (κ3) is 3.26. The number of imide groups is 1. The maximum absolute atomic E-state index is 13.2. The lowest BCUT2D eigenvalue weighted by molar-refractivity contribution is -0.123. The van der Waals surface area contributed by atoms with Gasteiger partial charge in [-0.1, -0.05) is 60.6 Å². The molecule has 2 atom stereocenters. The summed E-state index contributed by atoms with van der Waals surface area (Å²) in [7, 11) is 0. The Hall–Kier alpha value is -3.88. The van der Waals surface area contributed by atoms with Crippen LogP contribution in [-0.2, 0) is 16.1 Å². The van der Waals surface area contributed by atoms with Crippen molar-refractivity contribution >= 4 is 17.5 Å². The van der Waals surface area contributed by atoms with Crippen LogP contribution in [0.1, 0.15) is 36.8 Å². The van der Waals surface area contributed by atoms with Crippen LogP contribution in [0.3, 0.4) is 0 Å². The SMILES string of the molecule is Cc1ccccc1-c1noc(CN2N=N[C@@H]3C(=O)N(c4ccc(C(C)C)cc4)C(=O)[C@@H]32)n1. The van der Waals surface area contributed by atoms with Crippen molar-refractivity contribution in [1.82, 2.24) is 15.1 Å². The molecule has 2 aliphatic rings. The Bertz CT molecular complexity index is 1220. The number of anilines is 1. The minimum Gasteiger partial charge on any atom is -0.337 e. The van der Waals surface area contributed by atoms with Crippen LogP contribution in [0, 0.1) is 6.92 Å². The third-order valence-corrected chi connectivity index (χ3v) is 5.83. The Kier molecular flexibility index (Phi) is 4.80. The minimum atomic E-state index is -0.869. The molecule has 0 radical (unpaired) electrons. The highest BCUT2D eigenvalue weighted by atomic mass is 16.5. The largest absolute Gasteiger partial charge is 0.337 e. The van der Waals surface area contributed by atoms with E-state index in [4.69, 9.17) is 4.52 Å². The predicted molar refractivity (Wildman–Crippen MR) is 115 cm³/mol. The zero-order chi connectivity index (χ0) is 22.4. The predicted octanol–water partition coefficient (Wildman–Crippen LogP) is 3.66. The van der Waals surface area contributed by atoms with E-state index >= 15 is 0 Å². The van der Waals surface area contributed by atoms with E-state index in [9.17, 15) is 9.59 Å². The zero-order valence-electron chi connectivity index (χ0n) is 18.0. The first-order chi connectivity index (χ1) is 15.4. The van der Waals surface area contributed by atoms with Gasteiger partial charge in [0.05, 0.1) is 5.69 Å². The maximum atomic E-state index is 13.2. The van der Waals surface area contributed by atoms with Crippen LogP contribution in [0.15, 0.2) is 63.4 Å². The van der Waals surface area contributed by atoms with Crippen molar-refractivity contribution in [3.63, 3.8) is 0 Å². The monoisotopic (exact) mass is 430 g/mol. The molecule has 32 heavy (non-hydrogen) atoms. The van der Waals surface area contributed by atoms with Gasteiger partial charge in [0.1, 0.15) is 6.54 Å². The van der Waals surface area contributed by atoms with Crippen molar-refractivity contribution in [2.75, 3.05) is 4.90 Å². The average Bonchev–Trinajstić information content (AvgIpc) is 3.47. The second-order valence-electron chi connectivity index (χ2n) is 8.28.